The fraction of sp³-hybridized carbons (Fsp3) is 0.296. The molecule has 2 aliphatic heterocycles. The second-order valence-electron chi connectivity index (χ2n) is 8.45. The van der Waals surface area contributed by atoms with E-state index < -0.39 is 0 Å². The van der Waals surface area contributed by atoms with Gasteiger partial charge in [0.05, 0.1) is 17.2 Å². The normalized spacial score (nSPS) is 17.3. The van der Waals surface area contributed by atoms with Crippen LogP contribution >= 0.6 is 11.8 Å². The predicted octanol–water partition coefficient (Wildman–Crippen LogP) is 5.78. The van der Waals surface area contributed by atoms with E-state index in [-0.39, 0.29) is 5.91 Å². The van der Waals surface area contributed by atoms with Crippen LogP contribution < -0.4 is 4.74 Å². The highest BCUT2D eigenvalue weighted by atomic mass is 32.2. The van der Waals surface area contributed by atoms with Gasteiger partial charge in [0.15, 0.2) is 5.17 Å². The van der Waals surface area contributed by atoms with E-state index >= 15 is 0 Å². The number of amidine groups is 1. The van der Waals surface area contributed by atoms with Crippen molar-refractivity contribution in [2.45, 2.75) is 32.6 Å². The quantitative estimate of drug-likeness (QED) is 0.425. The molecule has 0 atom stereocenters. The van der Waals surface area contributed by atoms with Crippen molar-refractivity contribution >= 4 is 28.9 Å². The number of hydrogen-bond donors (Lipinski definition) is 0. The van der Waals surface area contributed by atoms with Crippen molar-refractivity contribution in [1.82, 2.24) is 14.7 Å². The van der Waals surface area contributed by atoms with Gasteiger partial charge in [-0.3, -0.25) is 4.79 Å². The molecule has 5 rings (SSSR count). The lowest BCUT2D eigenvalue weighted by Gasteiger charge is -2.27. The number of nitrogens with zero attached hydrogens (tertiary/aromatic N) is 4. The van der Waals surface area contributed by atoms with Crippen molar-refractivity contribution in [2.75, 3.05) is 19.7 Å². The second-order valence-corrected chi connectivity index (χ2v) is 9.46. The van der Waals surface area contributed by atoms with Gasteiger partial charge < -0.3 is 9.64 Å². The number of para-hydroxylation sites is 1. The van der Waals surface area contributed by atoms with Gasteiger partial charge in [-0.1, -0.05) is 37.3 Å². The summed E-state index contributed by atoms with van der Waals surface area (Å²) >= 11 is 1.47. The van der Waals surface area contributed by atoms with Gasteiger partial charge >= 0.3 is 0 Å². The fourth-order valence-electron chi connectivity index (χ4n) is 4.14. The number of hydrogen-bond acceptors (Lipinski definition) is 5. The molecule has 34 heavy (non-hydrogen) atoms. The highest BCUT2D eigenvalue weighted by Gasteiger charge is 2.27. The summed E-state index contributed by atoms with van der Waals surface area (Å²) in [5.74, 6) is 0.637. The molecule has 1 aromatic heterocycles. The molecule has 0 radical (unpaired) electrons. The number of rotatable bonds is 6. The standard InChI is InChI=1S/C27H28N4O2S/c1-2-16-33-23-13-9-10-20(17-23)25-21(19-31(29-25)22-11-5-3-6-12-22)18-24-26(32)28-27(34-24)30-14-7-4-8-15-30/h3,5-6,9-13,17-19H,2,4,7-8,14-16H2,1H3. The third-order valence-corrected chi connectivity index (χ3v) is 6.91. The number of amides is 1. The van der Waals surface area contributed by atoms with Gasteiger partial charge in [0.25, 0.3) is 5.91 Å². The molecule has 174 valence electrons. The molecule has 1 fully saturated rings. The molecule has 1 amide bonds. The molecule has 3 aromatic rings. The van der Waals surface area contributed by atoms with Crippen molar-refractivity contribution < 1.29 is 9.53 Å². The largest absolute Gasteiger partial charge is 0.494 e. The van der Waals surface area contributed by atoms with Gasteiger partial charge in [-0.05, 0) is 67.8 Å². The molecule has 7 heteroatoms. The minimum atomic E-state index is -0.177. The number of carbonyl (C=O) groups is 1. The van der Waals surface area contributed by atoms with Crippen LogP contribution in [0.1, 0.15) is 38.2 Å². The number of aromatic nitrogens is 2. The number of thioether (sulfide) groups is 1. The van der Waals surface area contributed by atoms with Gasteiger partial charge in [-0.15, -0.1) is 0 Å². The van der Waals surface area contributed by atoms with E-state index in [0.717, 1.165) is 65.8 Å². The van der Waals surface area contributed by atoms with E-state index in [4.69, 9.17) is 9.84 Å². The maximum atomic E-state index is 12.8. The number of aliphatic imine (C=N–C) groups is 1. The van der Waals surface area contributed by atoms with Gasteiger partial charge in [0.2, 0.25) is 0 Å². The Morgan fingerprint density at radius 1 is 1.06 bits per heavy atom. The Labute approximate surface area is 204 Å². The Hall–Kier alpha value is -3.32. The number of benzene rings is 2. The topological polar surface area (TPSA) is 59.7 Å². The van der Waals surface area contributed by atoms with Crippen molar-refractivity contribution in [1.29, 1.82) is 0 Å². The highest BCUT2D eigenvalue weighted by molar-refractivity contribution is 8.18. The lowest BCUT2D eigenvalue weighted by molar-refractivity contribution is -0.113. The number of ether oxygens (including phenoxy) is 1. The molecular weight excluding hydrogens is 444 g/mol. The van der Waals surface area contributed by atoms with Gasteiger partial charge in [0.1, 0.15) is 11.4 Å². The molecule has 0 spiro atoms. The minimum absolute atomic E-state index is 0.177. The third kappa shape index (κ3) is 4.94. The van der Waals surface area contributed by atoms with Crippen LogP contribution in [0.25, 0.3) is 23.0 Å². The monoisotopic (exact) mass is 472 g/mol. The number of likely N-dealkylation sites (tertiary alicyclic amines) is 1. The maximum Gasteiger partial charge on any atom is 0.286 e. The van der Waals surface area contributed by atoms with Crippen LogP contribution in [0.2, 0.25) is 0 Å². The van der Waals surface area contributed by atoms with E-state index in [1.54, 1.807) is 0 Å². The molecule has 1 saturated heterocycles. The Morgan fingerprint density at radius 3 is 2.68 bits per heavy atom. The highest BCUT2D eigenvalue weighted by Crippen LogP contribution is 2.34. The zero-order chi connectivity index (χ0) is 23.3. The molecule has 2 aromatic carbocycles. The molecule has 3 heterocycles. The van der Waals surface area contributed by atoms with Crippen LogP contribution in [0, 0.1) is 0 Å². The zero-order valence-corrected chi connectivity index (χ0v) is 20.1. The van der Waals surface area contributed by atoms with Crippen molar-refractivity contribution in [3.63, 3.8) is 0 Å². The first-order valence-corrected chi connectivity index (χ1v) is 12.7. The number of carbonyl (C=O) groups excluding carboxylic acids is 1. The van der Waals surface area contributed by atoms with E-state index in [2.05, 4.69) is 16.8 Å². The van der Waals surface area contributed by atoms with Crippen LogP contribution in [-0.2, 0) is 4.79 Å². The van der Waals surface area contributed by atoms with Crippen LogP contribution in [0.15, 0.2) is 70.7 Å². The van der Waals surface area contributed by atoms with Gasteiger partial charge in [-0.2, -0.15) is 10.1 Å². The predicted molar refractivity (Wildman–Crippen MR) is 138 cm³/mol. The molecule has 0 bridgehead atoms. The summed E-state index contributed by atoms with van der Waals surface area (Å²) in [6.07, 6.45) is 8.39. The van der Waals surface area contributed by atoms with Gasteiger partial charge in [0, 0.05) is 30.4 Å². The van der Waals surface area contributed by atoms with E-state index in [0.29, 0.717) is 11.5 Å². The Morgan fingerprint density at radius 2 is 1.88 bits per heavy atom. The molecule has 0 saturated carbocycles. The maximum absolute atomic E-state index is 12.8. The Balaban J connectivity index is 1.50. The van der Waals surface area contributed by atoms with E-state index in [9.17, 15) is 4.79 Å². The summed E-state index contributed by atoms with van der Waals surface area (Å²) in [4.78, 5) is 20.0. The first-order valence-electron chi connectivity index (χ1n) is 11.9. The summed E-state index contributed by atoms with van der Waals surface area (Å²) < 4.78 is 7.71. The van der Waals surface area contributed by atoms with Crippen molar-refractivity contribution in [2.24, 2.45) is 4.99 Å². The zero-order valence-electron chi connectivity index (χ0n) is 19.3. The Bertz CT molecular complexity index is 1230. The molecule has 6 nitrogen and oxygen atoms in total. The summed E-state index contributed by atoms with van der Waals surface area (Å²) in [6.45, 7) is 4.69. The molecule has 0 N–H and O–H groups in total. The van der Waals surface area contributed by atoms with Crippen LogP contribution in [0.3, 0.4) is 0 Å². The summed E-state index contributed by atoms with van der Waals surface area (Å²) in [6, 6.07) is 18.0. The molecule has 0 aliphatic carbocycles. The van der Waals surface area contributed by atoms with Crippen LogP contribution in [0.4, 0.5) is 0 Å². The lowest BCUT2D eigenvalue weighted by atomic mass is 10.1. The average molecular weight is 473 g/mol. The first-order chi connectivity index (χ1) is 16.7. The van der Waals surface area contributed by atoms with Crippen LogP contribution in [-0.4, -0.2) is 45.5 Å². The third-order valence-electron chi connectivity index (χ3n) is 5.87. The average Bonchev–Trinajstić information content (AvgIpc) is 3.48. The fourth-order valence-corrected chi connectivity index (χ4v) is 5.10. The van der Waals surface area contributed by atoms with E-state index in [1.807, 2.05) is 71.6 Å². The summed E-state index contributed by atoms with van der Waals surface area (Å²) in [5, 5.41) is 5.72. The smallest absolute Gasteiger partial charge is 0.286 e. The van der Waals surface area contributed by atoms with Crippen LogP contribution in [0.5, 0.6) is 5.75 Å². The number of piperidine rings is 1. The molecular formula is C27H28N4O2S. The SMILES string of the molecule is CCCOc1cccc(-c2nn(-c3ccccc3)cc2C=C2SC(N3CCCCC3)=NC2=O)c1. The van der Waals surface area contributed by atoms with Gasteiger partial charge in [-0.25, -0.2) is 4.68 Å². The second kappa shape index (κ2) is 10.3. The lowest BCUT2D eigenvalue weighted by Crippen LogP contribution is -2.33. The first kappa shape index (κ1) is 22.5. The van der Waals surface area contributed by atoms with Crippen molar-refractivity contribution in [3.05, 3.63) is 71.3 Å². The summed E-state index contributed by atoms with van der Waals surface area (Å²) in [7, 11) is 0. The molecule has 0 unspecified atom stereocenters. The summed E-state index contributed by atoms with van der Waals surface area (Å²) in [5.41, 5.74) is 3.59. The van der Waals surface area contributed by atoms with Crippen molar-refractivity contribution in [3.8, 4) is 22.7 Å². The molecule has 2 aliphatic rings. The van der Waals surface area contributed by atoms with E-state index in [1.165, 1.54) is 18.2 Å². The minimum Gasteiger partial charge on any atom is -0.494 e. The Kier molecular flexibility index (Phi) is 6.81.